The molecule has 0 fully saturated rings. The summed E-state index contributed by atoms with van der Waals surface area (Å²) in [6, 6.07) is 0. The quantitative estimate of drug-likeness (QED) is 0.0169. The molecule has 0 aromatic rings. The molecule has 560 valence electrons. The molecule has 0 bridgehead atoms. The normalized spacial score (nSPS) is 14.7. The molecule has 0 aromatic heterocycles. The number of phosphoric acid groups is 2. The third-order valence-corrected chi connectivity index (χ3v) is 17.0. The minimum atomic E-state index is -4.99. The van der Waals surface area contributed by atoms with Crippen LogP contribution < -0.4 is 0 Å². The molecule has 5 unspecified atom stereocenters. The van der Waals surface area contributed by atoms with Crippen LogP contribution in [0.2, 0.25) is 0 Å². The molecule has 0 spiro atoms. The number of hydrogen-bond acceptors (Lipinski definition) is 15. The van der Waals surface area contributed by atoms with Crippen molar-refractivity contribution in [1.82, 2.24) is 0 Å². The lowest BCUT2D eigenvalue weighted by molar-refractivity contribution is -0.161. The highest BCUT2D eigenvalue weighted by atomic mass is 31.2. The summed E-state index contributed by atoms with van der Waals surface area (Å²) in [6.07, 6.45) is 77.5. The molecule has 0 aliphatic heterocycles. The zero-order valence-electron chi connectivity index (χ0n) is 60.9. The second-order valence-corrected chi connectivity index (χ2v) is 27.4. The summed E-state index contributed by atoms with van der Waals surface area (Å²) in [5.41, 5.74) is 0. The number of hydrogen-bond donors (Lipinski definition) is 3. The fourth-order valence-electron chi connectivity index (χ4n) is 9.38. The van der Waals surface area contributed by atoms with Crippen LogP contribution >= 0.6 is 15.6 Å². The first-order valence-electron chi connectivity index (χ1n) is 37.4. The predicted octanol–water partition coefficient (Wildman–Crippen LogP) is 21.3. The van der Waals surface area contributed by atoms with Crippen LogP contribution in [0.25, 0.3) is 0 Å². The molecule has 0 aliphatic rings. The SMILES string of the molecule is CC/C=C\C/C=C\C/C=C\C/C=C\C/C=C\CCCC(=O)OCC(COP(=O)(O)OCC(O)COP(=O)(O)OCC(COC(=O)CCCCCCCC/C=C\C/C=C\C/C=C\C/C=C\CC)OC(=O)CCCCCCC/C=C\CCCC)OC(=O)CCCCCCC/C=C\CCCC. The van der Waals surface area contributed by atoms with E-state index in [4.69, 9.17) is 37.0 Å². The van der Waals surface area contributed by atoms with Crippen molar-refractivity contribution >= 4 is 39.5 Å². The average molecular weight is 1420 g/mol. The Labute approximate surface area is 593 Å². The molecule has 0 rings (SSSR count). The molecule has 0 aromatic carbocycles. The van der Waals surface area contributed by atoms with Crippen molar-refractivity contribution in [1.29, 1.82) is 0 Å². The summed E-state index contributed by atoms with van der Waals surface area (Å²) in [5.74, 6) is -2.28. The molecule has 5 atom stereocenters. The van der Waals surface area contributed by atoms with Gasteiger partial charge in [0, 0.05) is 25.7 Å². The van der Waals surface area contributed by atoms with E-state index >= 15 is 0 Å². The zero-order valence-corrected chi connectivity index (χ0v) is 62.7. The largest absolute Gasteiger partial charge is 0.472 e. The van der Waals surface area contributed by atoms with Gasteiger partial charge in [0.05, 0.1) is 26.4 Å². The average Bonchev–Trinajstić information content (AvgIpc) is 0.983. The number of unbranched alkanes of at least 4 members (excludes halogenated alkanes) is 21. The lowest BCUT2D eigenvalue weighted by Crippen LogP contribution is -2.30. The number of esters is 4. The maximum atomic E-state index is 13.1. The van der Waals surface area contributed by atoms with Crippen molar-refractivity contribution in [3.05, 3.63) is 134 Å². The van der Waals surface area contributed by atoms with E-state index in [0.29, 0.717) is 32.1 Å². The fourth-order valence-corrected chi connectivity index (χ4v) is 11.0. The van der Waals surface area contributed by atoms with Crippen molar-refractivity contribution in [3.8, 4) is 0 Å². The zero-order chi connectivity index (χ0) is 71.8. The van der Waals surface area contributed by atoms with Crippen molar-refractivity contribution in [2.75, 3.05) is 39.6 Å². The second kappa shape index (κ2) is 70.6. The minimum absolute atomic E-state index is 0.0691. The van der Waals surface area contributed by atoms with Crippen LogP contribution in [0.3, 0.4) is 0 Å². The minimum Gasteiger partial charge on any atom is -0.462 e. The number of phosphoric ester groups is 2. The molecule has 0 aliphatic carbocycles. The molecule has 0 saturated heterocycles. The van der Waals surface area contributed by atoms with Crippen molar-refractivity contribution in [2.45, 2.75) is 303 Å². The predicted molar refractivity (Wildman–Crippen MR) is 399 cm³/mol. The van der Waals surface area contributed by atoms with Gasteiger partial charge in [-0.2, -0.15) is 0 Å². The molecule has 0 radical (unpaired) electrons. The number of rotatable bonds is 69. The van der Waals surface area contributed by atoms with Crippen molar-refractivity contribution in [3.63, 3.8) is 0 Å². The Hall–Kier alpha value is -4.80. The van der Waals surface area contributed by atoms with Crippen LogP contribution in [0.15, 0.2) is 134 Å². The number of aliphatic hydroxyl groups excluding tert-OH is 1. The standard InChI is InChI=1S/C79H132O17P2/c1-5-9-13-17-21-25-29-31-33-35-36-38-40-42-46-48-52-56-60-64-77(82)90-70-75(96-79(84)66-62-58-54-50-44-28-24-20-16-12-8-4)72-94-98(87,88)92-68-73(80)67-91-97(85,86)93-71-74(95-78(83)65-61-57-53-49-43-27-23-19-15-11-7-3)69-89-76(81)63-59-55-51-47-45-41-39-37-34-32-30-26-22-18-14-10-6-2/h9-10,13-14,19-26,31-34,36,38-39,41,47,51,73-75,80H,5-8,11-12,15-18,27-30,35,37,40,42-46,48-50,52-72H2,1-4H3,(H,85,86)(H,87,88)/b13-9-,14-10-,23-19-,24-20-,25-21-,26-22-,33-31-,34-32-,38-36-,41-39-,51-47-. The molecular formula is C79H132O17P2. The first kappa shape index (κ1) is 93.2. The lowest BCUT2D eigenvalue weighted by Gasteiger charge is -2.21. The van der Waals surface area contributed by atoms with Gasteiger partial charge >= 0.3 is 39.5 Å². The van der Waals surface area contributed by atoms with Crippen LogP contribution in [0.4, 0.5) is 0 Å². The van der Waals surface area contributed by atoms with E-state index < -0.39 is 97.5 Å². The van der Waals surface area contributed by atoms with E-state index in [1.165, 1.54) is 25.7 Å². The second-order valence-electron chi connectivity index (χ2n) is 24.5. The van der Waals surface area contributed by atoms with Gasteiger partial charge in [-0.15, -0.1) is 0 Å². The first-order valence-corrected chi connectivity index (χ1v) is 40.4. The van der Waals surface area contributed by atoms with Gasteiger partial charge in [-0.1, -0.05) is 251 Å². The van der Waals surface area contributed by atoms with Gasteiger partial charge < -0.3 is 33.8 Å². The molecular weight excluding hydrogens is 1280 g/mol. The Morgan fingerprint density at radius 1 is 0.296 bits per heavy atom. The van der Waals surface area contributed by atoms with Gasteiger partial charge in [0.15, 0.2) is 12.2 Å². The highest BCUT2D eigenvalue weighted by molar-refractivity contribution is 7.47. The van der Waals surface area contributed by atoms with Gasteiger partial charge in [0.2, 0.25) is 0 Å². The Kier molecular flexibility index (Phi) is 67.2. The van der Waals surface area contributed by atoms with E-state index in [-0.39, 0.29) is 25.7 Å². The Bertz CT molecular complexity index is 2380. The van der Waals surface area contributed by atoms with E-state index in [2.05, 4.69) is 149 Å². The van der Waals surface area contributed by atoms with Crippen LogP contribution in [0.5, 0.6) is 0 Å². The summed E-state index contributed by atoms with van der Waals surface area (Å²) in [7, 11) is -9.97. The summed E-state index contributed by atoms with van der Waals surface area (Å²) in [6.45, 7) is 4.45. The van der Waals surface area contributed by atoms with Gasteiger partial charge in [0.1, 0.15) is 19.3 Å². The van der Waals surface area contributed by atoms with Crippen molar-refractivity contribution in [2.24, 2.45) is 0 Å². The number of ether oxygens (including phenoxy) is 4. The highest BCUT2D eigenvalue weighted by Gasteiger charge is 2.30. The molecule has 0 heterocycles. The van der Waals surface area contributed by atoms with E-state index in [9.17, 15) is 43.2 Å². The van der Waals surface area contributed by atoms with E-state index in [0.717, 1.165) is 173 Å². The van der Waals surface area contributed by atoms with Crippen LogP contribution in [0, 0.1) is 0 Å². The van der Waals surface area contributed by atoms with Crippen LogP contribution in [0.1, 0.15) is 285 Å². The topological polar surface area (TPSA) is 237 Å². The van der Waals surface area contributed by atoms with Gasteiger partial charge in [0.25, 0.3) is 0 Å². The number of aliphatic hydroxyl groups is 1. The van der Waals surface area contributed by atoms with Crippen molar-refractivity contribution < 1.29 is 80.2 Å². The number of carbonyl (C=O) groups excluding carboxylic acids is 4. The summed E-state index contributed by atoms with van der Waals surface area (Å²) in [5, 5.41) is 10.6. The molecule has 3 N–H and O–H groups in total. The summed E-state index contributed by atoms with van der Waals surface area (Å²) < 4.78 is 68.3. The highest BCUT2D eigenvalue weighted by Crippen LogP contribution is 2.45. The smallest absolute Gasteiger partial charge is 0.462 e. The first-order chi connectivity index (χ1) is 47.7. The Balaban J connectivity index is 5.34. The summed E-state index contributed by atoms with van der Waals surface area (Å²) >= 11 is 0. The lowest BCUT2D eigenvalue weighted by atomic mass is 10.1. The molecule has 0 saturated carbocycles. The molecule has 98 heavy (non-hydrogen) atoms. The Morgan fingerprint density at radius 3 is 0.867 bits per heavy atom. The molecule has 0 amide bonds. The summed E-state index contributed by atoms with van der Waals surface area (Å²) in [4.78, 5) is 72.7. The Morgan fingerprint density at radius 2 is 0.541 bits per heavy atom. The van der Waals surface area contributed by atoms with Crippen LogP contribution in [-0.2, 0) is 65.4 Å². The monoisotopic (exact) mass is 1410 g/mol. The third kappa shape index (κ3) is 69.7. The number of allylic oxidation sites excluding steroid dienone is 22. The number of carbonyl (C=O) groups is 4. The maximum absolute atomic E-state index is 13.1. The van der Waals surface area contributed by atoms with Crippen LogP contribution in [-0.4, -0.2) is 96.7 Å². The molecule has 17 nitrogen and oxygen atoms in total. The van der Waals surface area contributed by atoms with E-state index in [1.807, 2.05) is 12.2 Å². The maximum Gasteiger partial charge on any atom is 0.472 e. The van der Waals surface area contributed by atoms with E-state index in [1.54, 1.807) is 0 Å². The van der Waals surface area contributed by atoms with Gasteiger partial charge in [-0.25, -0.2) is 9.13 Å². The fraction of sp³-hybridized carbons (Fsp3) is 0.671. The van der Waals surface area contributed by atoms with Gasteiger partial charge in [-0.3, -0.25) is 37.3 Å². The molecule has 19 heteroatoms. The third-order valence-electron chi connectivity index (χ3n) is 15.1. The van der Waals surface area contributed by atoms with Gasteiger partial charge in [-0.05, 0) is 141 Å².